The molecule has 10 nitrogen and oxygen atoms in total. The van der Waals surface area contributed by atoms with E-state index in [2.05, 4.69) is 11.6 Å². The van der Waals surface area contributed by atoms with E-state index in [-0.39, 0.29) is 6.01 Å². The van der Waals surface area contributed by atoms with Crippen molar-refractivity contribution in [3.63, 3.8) is 0 Å². The first-order valence-electron chi connectivity index (χ1n) is 6.89. The van der Waals surface area contributed by atoms with Gasteiger partial charge in [0.2, 0.25) is 0 Å². The van der Waals surface area contributed by atoms with Crippen LogP contribution in [0.3, 0.4) is 0 Å². The van der Waals surface area contributed by atoms with Gasteiger partial charge in [0.1, 0.15) is 0 Å². The van der Waals surface area contributed by atoms with Crippen molar-refractivity contribution in [3.05, 3.63) is 25.0 Å². The summed E-state index contributed by atoms with van der Waals surface area (Å²) >= 11 is 0. The third kappa shape index (κ3) is 8.35. The molecular weight excluding hydrogens is 339 g/mol. The average Bonchev–Trinajstić information content (AvgIpc) is 2.98. The molecule has 136 valence electrons. The lowest BCUT2D eigenvalue weighted by Crippen LogP contribution is -2.42. The molecule has 0 atom stereocenters. The number of carbonyl (C=O) groups excluding carboxylic acids is 1. The predicted molar refractivity (Wildman–Crippen MR) is 86.7 cm³/mol. The van der Waals surface area contributed by atoms with Crippen molar-refractivity contribution in [2.75, 3.05) is 21.3 Å². The molecule has 0 aliphatic rings. The number of aryl methyl sites for hydroxylation is 1. The van der Waals surface area contributed by atoms with E-state index in [9.17, 15) is 4.79 Å². The van der Waals surface area contributed by atoms with E-state index in [1.807, 2.05) is 0 Å². The molecule has 0 saturated heterocycles. The number of nitrogens with zero attached hydrogens (tertiary/aromatic N) is 2. The smallest absolute Gasteiger partial charge is 0.402 e. The van der Waals surface area contributed by atoms with Crippen LogP contribution in [0.15, 0.2) is 25.0 Å². The molecule has 12 heteroatoms. The van der Waals surface area contributed by atoms with Crippen molar-refractivity contribution < 1.29 is 37.9 Å². The highest BCUT2D eigenvalue weighted by Crippen LogP contribution is 2.17. The van der Waals surface area contributed by atoms with Gasteiger partial charge in [0, 0.05) is 52.4 Å². The fraction of sp³-hybridized carbons (Fsp3) is 0.500. The second-order valence-electron chi connectivity index (χ2n) is 4.27. The van der Waals surface area contributed by atoms with Crippen LogP contribution in [-0.2, 0) is 24.6 Å². The van der Waals surface area contributed by atoms with Gasteiger partial charge < -0.3 is 37.7 Å². The van der Waals surface area contributed by atoms with Gasteiger partial charge in [0.05, 0.1) is 0 Å². The Morgan fingerprint density at radius 3 is 2.33 bits per heavy atom. The van der Waals surface area contributed by atoms with Gasteiger partial charge in [0.15, 0.2) is 0 Å². The Balaban J connectivity index is 0.00000118. The Labute approximate surface area is 141 Å². The van der Waals surface area contributed by atoms with Crippen LogP contribution < -0.4 is 4.74 Å². The number of hydrogen-bond acceptors (Lipinski definition) is 9. The summed E-state index contributed by atoms with van der Waals surface area (Å²) in [7, 11) is -0.000139. The Hall–Kier alpha value is -1.54. The summed E-state index contributed by atoms with van der Waals surface area (Å²) in [6.07, 6.45) is 5.15. The summed E-state index contributed by atoms with van der Waals surface area (Å²) in [5, 5.41) is 21.5. The summed E-state index contributed by atoms with van der Waals surface area (Å²) in [5.41, 5.74) is 0. The summed E-state index contributed by atoms with van der Waals surface area (Å²) in [4.78, 5) is 15.1. The number of rotatable bonds is 9. The molecule has 0 aromatic carbocycles. The molecule has 0 unspecified atom stereocenters. The lowest BCUT2D eigenvalue weighted by Gasteiger charge is -2.24. The molecule has 0 radical (unpaired) electrons. The van der Waals surface area contributed by atoms with Crippen LogP contribution >= 0.6 is 0 Å². The lowest BCUT2D eigenvalue weighted by atomic mass is 10.3. The molecule has 1 aromatic rings. The summed E-state index contributed by atoms with van der Waals surface area (Å²) in [5.74, 6) is -0.535. The summed E-state index contributed by atoms with van der Waals surface area (Å²) in [6.45, 7) is 3.96. The quantitative estimate of drug-likeness (QED) is 0.293. The number of carbonyl (C=O) groups is 1. The van der Waals surface area contributed by atoms with Gasteiger partial charge in [-0.1, -0.05) is 6.58 Å². The molecule has 0 aliphatic heterocycles. The molecule has 0 spiro atoms. The van der Waals surface area contributed by atoms with E-state index in [4.69, 9.17) is 33.1 Å². The van der Waals surface area contributed by atoms with Gasteiger partial charge in [-0.25, -0.2) is 9.78 Å². The summed E-state index contributed by atoms with van der Waals surface area (Å²) in [6, 6.07) is 0.901. The first-order valence-corrected chi connectivity index (χ1v) is 8.82. The molecule has 0 bridgehead atoms. The highest BCUT2D eigenvalue weighted by molar-refractivity contribution is 6.60. The van der Waals surface area contributed by atoms with E-state index in [1.54, 1.807) is 38.3 Å². The molecule has 1 rings (SSSR count). The Kier molecular flexibility index (Phi) is 11.2. The Bertz CT molecular complexity index is 484. The minimum Gasteiger partial charge on any atom is -0.402 e. The van der Waals surface area contributed by atoms with Gasteiger partial charge in [-0.2, -0.15) is 0 Å². The molecule has 0 amide bonds. The highest BCUT2D eigenvalue weighted by Gasteiger charge is 2.36. The van der Waals surface area contributed by atoms with Crippen LogP contribution in [0.5, 0.6) is 6.01 Å². The minimum atomic E-state index is -2.56. The maximum atomic E-state index is 11.2. The molecule has 1 heterocycles. The zero-order valence-corrected chi connectivity index (χ0v) is 14.9. The SMILES string of the molecule is C=CC(=O)Oc1nccn1CCC[Si](OC)(OC)OC.OB(O)O. The predicted octanol–water partition coefficient (Wildman–Crippen LogP) is -0.809. The number of ether oxygens (including phenoxy) is 1. The van der Waals surface area contributed by atoms with Crippen LogP contribution in [-0.4, -0.2) is 68.0 Å². The number of hydrogen-bond donors (Lipinski definition) is 3. The second kappa shape index (κ2) is 11.9. The van der Waals surface area contributed by atoms with Gasteiger partial charge in [-0.3, -0.25) is 0 Å². The normalized spacial score (nSPS) is 10.6. The number of imidazole rings is 1. The molecular formula is C12H23BN2O8Si. The number of aromatic nitrogens is 2. The fourth-order valence-corrected chi connectivity index (χ4v) is 3.43. The molecule has 0 saturated carbocycles. The third-order valence-electron chi connectivity index (χ3n) is 2.85. The van der Waals surface area contributed by atoms with E-state index in [0.29, 0.717) is 12.6 Å². The van der Waals surface area contributed by atoms with Gasteiger partial charge >= 0.3 is 28.1 Å². The van der Waals surface area contributed by atoms with Crippen molar-refractivity contribution >= 4 is 22.1 Å². The molecule has 24 heavy (non-hydrogen) atoms. The maximum Gasteiger partial charge on any atom is 0.631 e. The van der Waals surface area contributed by atoms with E-state index in [0.717, 1.165) is 12.5 Å². The molecule has 1 aromatic heterocycles. The largest absolute Gasteiger partial charge is 0.631 e. The van der Waals surface area contributed by atoms with Crippen LogP contribution in [0, 0.1) is 0 Å². The van der Waals surface area contributed by atoms with Crippen molar-refractivity contribution in [1.82, 2.24) is 9.55 Å². The summed E-state index contributed by atoms with van der Waals surface area (Å²) < 4.78 is 22.8. The number of esters is 1. The fourth-order valence-electron chi connectivity index (χ4n) is 1.72. The van der Waals surface area contributed by atoms with Gasteiger partial charge in [0.25, 0.3) is 0 Å². The lowest BCUT2D eigenvalue weighted by molar-refractivity contribution is -0.129. The van der Waals surface area contributed by atoms with Crippen molar-refractivity contribution in [3.8, 4) is 6.01 Å². The average molecular weight is 362 g/mol. The third-order valence-corrected chi connectivity index (χ3v) is 5.68. The Morgan fingerprint density at radius 1 is 1.33 bits per heavy atom. The molecule has 0 aliphatic carbocycles. The van der Waals surface area contributed by atoms with Crippen molar-refractivity contribution in [2.24, 2.45) is 0 Å². The monoisotopic (exact) mass is 362 g/mol. The minimum absolute atomic E-state index is 0.245. The van der Waals surface area contributed by atoms with Gasteiger partial charge in [-0.05, 0) is 6.42 Å². The van der Waals surface area contributed by atoms with E-state index < -0.39 is 22.1 Å². The van der Waals surface area contributed by atoms with Crippen molar-refractivity contribution in [2.45, 2.75) is 19.0 Å². The van der Waals surface area contributed by atoms with E-state index >= 15 is 0 Å². The van der Waals surface area contributed by atoms with Crippen LogP contribution in [0.4, 0.5) is 0 Å². The maximum absolute atomic E-state index is 11.2. The zero-order chi connectivity index (χ0) is 18.6. The van der Waals surface area contributed by atoms with Crippen molar-refractivity contribution in [1.29, 1.82) is 0 Å². The van der Waals surface area contributed by atoms with Crippen LogP contribution in [0.2, 0.25) is 6.04 Å². The highest BCUT2D eigenvalue weighted by atomic mass is 28.4. The first-order chi connectivity index (χ1) is 11.3. The Morgan fingerprint density at radius 2 is 1.88 bits per heavy atom. The molecule has 0 fully saturated rings. The second-order valence-corrected chi connectivity index (χ2v) is 7.36. The standard InChI is InChI=1S/C12H20N2O5Si.BH3O3/c1-5-11(15)19-12-13-7-9-14(12)8-6-10-20(16-2,17-3)18-4;2-1(3)4/h5,7,9H,1,6,8,10H2,2-4H3;2-4H. The molecule has 3 N–H and O–H groups in total. The van der Waals surface area contributed by atoms with Crippen LogP contribution in [0.1, 0.15) is 6.42 Å². The topological polar surface area (TPSA) is 132 Å². The first kappa shape index (κ1) is 22.5. The van der Waals surface area contributed by atoms with Crippen LogP contribution in [0.25, 0.3) is 0 Å². The van der Waals surface area contributed by atoms with E-state index in [1.165, 1.54) is 0 Å². The van der Waals surface area contributed by atoms with Gasteiger partial charge in [-0.15, -0.1) is 0 Å². The zero-order valence-electron chi connectivity index (χ0n) is 13.9.